The molecule has 0 radical (unpaired) electrons. The van der Waals surface area contributed by atoms with Crippen LogP contribution in [0.4, 0.5) is 13.2 Å². The molecule has 5 nitrogen and oxygen atoms in total. The molecule has 8 heteroatoms. The zero-order valence-electron chi connectivity index (χ0n) is 11.6. The minimum Gasteiger partial charge on any atom is -0.273 e. The number of hydrogen-bond acceptors (Lipinski definition) is 3. The highest BCUT2D eigenvalue weighted by Gasteiger charge is 2.33. The van der Waals surface area contributed by atoms with Crippen LogP contribution < -0.4 is 5.43 Å². The van der Waals surface area contributed by atoms with Crippen molar-refractivity contribution >= 4 is 11.6 Å². The molecule has 116 valence electrons. The molecule has 1 aliphatic carbocycles. The first-order chi connectivity index (χ1) is 9.90. The van der Waals surface area contributed by atoms with Crippen molar-refractivity contribution in [3.8, 4) is 0 Å². The number of aromatic amines is 1. The first-order valence-electron chi connectivity index (χ1n) is 6.88. The van der Waals surface area contributed by atoms with Crippen LogP contribution in [0.1, 0.15) is 55.2 Å². The van der Waals surface area contributed by atoms with Gasteiger partial charge in [0, 0.05) is 11.8 Å². The topological polar surface area (TPSA) is 70.1 Å². The van der Waals surface area contributed by atoms with E-state index in [1.54, 1.807) is 5.10 Å². The average Bonchev–Trinajstić information content (AvgIpc) is 2.95. The van der Waals surface area contributed by atoms with Crippen LogP contribution in [0.25, 0.3) is 0 Å². The average molecular weight is 302 g/mol. The van der Waals surface area contributed by atoms with E-state index < -0.39 is 17.8 Å². The number of aromatic nitrogens is 2. The maximum Gasteiger partial charge on any atom is 0.432 e. The molecule has 1 saturated carbocycles. The SMILES string of the molecule is CCC1CCC(=NNC(=O)c2cc(C(F)(F)F)[nH]n2)CC1. The first-order valence-corrected chi connectivity index (χ1v) is 6.88. The van der Waals surface area contributed by atoms with Crippen molar-refractivity contribution in [1.29, 1.82) is 0 Å². The van der Waals surface area contributed by atoms with Crippen molar-refractivity contribution in [2.75, 3.05) is 0 Å². The van der Waals surface area contributed by atoms with E-state index in [0.29, 0.717) is 12.0 Å². The molecule has 0 atom stereocenters. The van der Waals surface area contributed by atoms with Gasteiger partial charge >= 0.3 is 6.18 Å². The summed E-state index contributed by atoms with van der Waals surface area (Å²) in [6.45, 7) is 2.14. The number of alkyl halides is 3. The Balaban J connectivity index is 1.92. The van der Waals surface area contributed by atoms with E-state index in [1.165, 1.54) is 0 Å². The molecule has 1 amide bonds. The van der Waals surface area contributed by atoms with Gasteiger partial charge in [0.15, 0.2) is 5.69 Å². The lowest BCUT2D eigenvalue weighted by Gasteiger charge is -2.21. The standard InChI is InChI=1S/C13H17F3N4O/c1-2-8-3-5-9(6-4-8)17-20-12(21)10-7-11(19-18-10)13(14,15)16/h7-8H,2-6H2,1H3,(H,18,19)(H,20,21). The Bertz CT molecular complexity index is 526. The minimum atomic E-state index is -4.55. The van der Waals surface area contributed by atoms with Crippen molar-refractivity contribution in [3.63, 3.8) is 0 Å². The number of amides is 1. The van der Waals surface area contributed by atoms with Gasteiger partial charge in [-0.2, -0.15) is 23.4 Å². The number of rotatable bonds is 3. The largest absolute Gasteiger partial charge is 0.432 e. The molecule has 1 aromatic rings. The molecule has 2 rings (SSSR count). The highest BCUT2D eigenvalue weighted by Crippen LogP contribution is 2.27. The summed E-state index contributed by atoms with van der Waals surface area (Å²) in [6.07, 6.45) is 0.279. The van der Waals surface area contributed by atoms with Crippen molar-refractivity contribution in [2.45, 2.75) is 45.2 Å². The van der Waals surface area contributed by atoms with Crippen molar-refractivity contribution in [1.82, 2.24) is 15.6 Å². The van der Waals surface area contributed by atoms with Crippen LogP contribution in [0, 0.1) is 5.92 Å². The van der Waals surface area contributed by atoms with Gasteiger partial charge in [-0.05, 0) is 31.6 Å². The fourth-order valence-electron chi connectivity index (χ4n) is 2.30. The van der Waals surface area contributed by atoms with Crippen LogP contribution in [-0.4, -0.2) is 21.8 Å². The second kappa shape index (κ2) is 6.28. The van der Waals surface area contributed by atoms with Crippen LogP contribution in [0.15, 0.2) is 11.2 Å². The van der Waals surface area contributed by atoms with E-state index in [4.69, 9.17) is 0 Å². The van der Waals surface area contributed by atoms with Gasteiger partial charge < -0.3 is 0 Å². The van der Waals surface area contributed by atoms with Crippen molar-refractivity contribution in [2.24, 2.45) is 11.0 Å². The van der Waals surface area contributed by atoms with Gasteiger partial charge in [-0.3, -0.25) is 9.89 Å². The summed E-state index contributed by atoms with van der Waals surface area (Å²) < 4.78 is 37.1. The number of nitrogens with zero attached hydrogens (tertiary/aromatic N) is 2. The number of H-pyrrole nitrogens is 1. The van der Waals surface area contributed by atoms with Crippen LogP contribution in [0.3, 0.4) is 0 Å². The van der Waals surface area contributed by atoms with E-state index in [2.05, 4.69) is 22.5 Å². The van der Waals surface area contributed by atoms with Gasteiger partial charge in [0.1, 0.15) is 5.69 Å². The molecule has 0 aromatic carbocycles. The third-order valence-corrected chi connectivity index (χ3v) is 3.69. The minimum absolute atomic E-state index is 0.325. The molecule has 2 N–H and O–H groups in total. The molecule has 0 saturated heterocycles. The number of carbonyl (C=O) groups is 1. The highest BCUT2D eigenvalue weighted by molar-refractivity contribution is 5.94. The van der Waals surface area contributed by atoms with E-state index >= 15 is 0 Å². The molecule has 1 aliphatic rings. The quantitative estimate of drug-likeness (QED) is 0.842. The van der Waals surface area contributed by atoms with Crippen LogP contribution in [-0.2, 0) is 6.18 Å². The van der Waals surface area contributed by atoms with Crippen LogP contribution in [0.2, 0.25) is 0 Å². The zero-order valence-corrected chi connectivity index (χ0v) is 11.6. The number of carbonyl (C=O) groups excluding carboxylic acids is 1. The van der Waals surface area contributed by atoms with Gasteiger partial charge in [0.25, 0.3) is 5.91 Å². The van der Waals surface area contributed by atoms with Gasteiger partial charge in [-0.15, -0.1) is 0 Å². The Hall–Kier alpha value is -1.86. The molecular formula is C13H17F3N4O. The lowest BCUT2D eigenvalue weighted by Crippen LogP contribution is -2.22. The second-order valence-electron chi connectivity index (χ2n) is 5.14. The van der Waals surface area contributed by atoms with E-state index in [9.17, 15) is 18.0 Å². The van der Waals surface area contributed by atoms with Crippen LogP contribution in [0.5, 0.6) is 0 Å². The molecule has 21 heavy (non-hydrogen) atoms. The van der Waals surface area contributed by atoms with Gasteiger partial charge in [0.2, 0.25) is 0 Å². The predicted molar refractivity (Wildman–Crippen MR) is 70.7 cm³/mol. The summed E-state index contributed by atoms with van der Waals surface area (Å²) in [4.78, 5) is 11.7. The third kappa shape index (κ3) is 4.05. The fraction of sp³-hybridized carbons (Fsp3) is 0.615. The smallest absolute Gasteiger partial charge is 0.273 e. The molecule has 0 spiro atoms. The van der Waals surface area contributed by atoms with Crippen molar-refractivity contribution < 1.29 is 18.0 Å². The fourth-order valence-corrected chi connectivity index (χ4v) is 2.30. The Kier molecular flexibility index (Phi) is 4.64. The van der Waals surface area contributed by atoms with Gasteiger partial charge in [-0.25, -0.2) is 5.43 Å². The lowest BCUT2D eigenvalue weighted by molar-refractivity contribution is -0.141. The number of hydrazone groups is 1. The third-order valence-electron chi connectivity index (χ3n) is 3.69. The summed E-state index contributed by atoms with van der Waals surface area (Å²) in [6, 6.07) is 0.670. The molecule has 0 bridgehead atoms. The number of halogens is 3. The van der Waals surface area contributed by atoms with Gasteiger partial charge in [0.05, 0.1) is 0 Å². The summed E-state index contributed by atoms with van der Waals surface area (Å²) in [5.41, 5.74) is 1.76. The second-order valence-corrected chi connectivity index (χ2v) is 5.14. The number of hydrogen-bond donors (Lipinski definition) is 2. The summed E-state index contributed by atoms with van der Waals surface area (Å²) in [5.74, 6) is -0.0489. The maximum atomic E-state index is 12.4. The molecular weight excluding hydrogens is 285 g/mol. The Morgan fingerprint density at radius 1 is 1.48 bits per heavy atom. The Morgan fingerprint density at radius 3 is 2.67 bits per heavy atom. The molecule has 1 aromatic heterocycles. The van der Waals surface area contributed by atoms with Gasteiger partial charge in [-0.1, -0.05) is 13.3 Å². The summed E-state index contributed by atoms with van der Waals surface area (Å²) in [7, 11) is 0. The number of nitrogens with one attached hydrogen (secondary N) is 2. The molecule has 0 unspecified atom stereocenters. The van der Waals surface area contributed by atoms with E-state index in [0.717, 1.165) is 37.8 Å². The normalized spacial score (nSPS) is 19.4. The first kappa shape index (κ1) is 15.5. The lowest BCUT2D eigenvalue weighted by atomic mass is 9.86. The maximum absolute atomic E-state index is 12.4. The highest BCUT2D eigenvalue weighted by atomic mass is 19.4. The summed E-state index contributed by atoms with van der Waals surface area (Å²) >= 11 is 0. The molecule has 1 fully saturated rings. The Morgan fingerprint density at radius 2 is 2.14 bits per heavy atom. The molecule has 1 heterocycles. The Labute approximate surface area is 120 Å². The summed E-state index contributed by atoms with van der Waals surface area (Å²) in [5, 5.41) is 9.12. The zero-order chi connectivity index (χ0) is 15.5. The van der Waals surface area contributed by atoms with Crippen molar-refractivity contribution in [3.05, 3.63) is 17.5 Å². The van der Waals surface area contributed by atoms with E-state index in [1.807, 2.05) is 0 Å². The monoisotopic (exact) mass is 302 g/mol. The molecule has 0 aliphatic heterocycles. The predicted octanol–water partition coefficient (Wildman–Crippen LogP) is 3.11. The van der Waals surface area contributed by atoms with Crippen LogP contribution >= 0.6 is 0 Å². The van der Waals surface area contributed by atoms with E-state index in [-0.39, 0.29) is 5.69 Å².